The molecule has 1 heterocycles. The molecule has 0 bridgehead atoms. The van der Waals surface area contributed by atoms with Crippen molar-refractivity contribution in [3.8, 4) is 0 Å². The van der Waals surface area contributed by atoms with Gasteiger partial charge in [-0.25, -0.2) is 14.4 Å². The van der Waals surface area contributed by atoms with Crippen molar-refractivity contribution in [2.45, 2.75) is 51.5 Å². The summed E-state index contributed by atoms with van der Waals surface area (Å²) in [5, 5.41) is 11.9. The van der Waals surface area contributed by atoms with Crippen LogP contribution in [0.25, 0.3) is 0 Å². The molecule has 1 aromatic rings. The van der Waals surface area contributed by atoms with Crippen molar-refractivity contribution in [2.75, 3.05) is 6.54 Å². The average molecular weight is 364 g/mol. The highest BCUT2D eigenvalue weighted by Crippen LogP contribution is 2.22. The molecular weight excluding hydrogens is 340 g/mol. The van der Waals surface area contributed by atoms with Crippen LogP contribution < -0.4 is 5.32 Å². The molecule has 26 heavy (non-hydrogen) atoms. The van der Waals surface area contributed by atoms with Gasteiger partial charge in [0.2, 0.25) is 0 Å². The zero-order valence-electron chi connectivity index (χ0n) is 15.1. The number of hydrogen-bond donors (Lipinski definition) is 2. The van der Waals surface area contributed by atoms with E-state index in [1.807, 2.05) is 30.3 Å². The van der Waals surface area contributed by atoms with Gasteiger partial charge in [0, 0.05) is 13.0 Å². The molecule has 8 heteroatoms. The molecule has 1 unspecified atom stereocenters. The van der Waals surface area contributed by atoms with E-state index in [2.05, 4.69) is 5.32 Å². The van der Waals surface area contributed by atoms with Crippen molar-refractivity contribution in [1.82, 2.24) is 10.2 Å². The summed E-state index contributed by atoms with van der Waals surface area (Å²) >= 11 is 0. The number of likely N-dealkylation sites (tertiary alicyclic amines) is 1. The molecule has 1 fully saturated rings. The van der Waals surface area contributed by atoms with Crippen LogP contribution in [0.1, 0.15) is 32.8 Å². The number of aliphatic carboxylic acids is 1. The van der Waals surface area contributed by atoms with Gasteiger partial charge in [0.05, 0.1) is 6.04 Å². The number of benzene rings is 1. The first kappa shape index (κ1) is 19.6. The van der Waals surface area contributed by atoms with Crippen molar-refractivity contribution in [1.29, 1.82) is 0 Å². The molecule has 1 aliphatic rings. The van der Waals surface area contributed by atoms with Crippen LogP contribution in [0, 0.1) is 0 Å². The van der Waals surface area contributed by atoms with Crippen LogP contribution in [0.2, 0.25) is 0 Å². The fourth-order valence-electron chi connectivity index (χ4n) is 2.63. The minimum absolute atomic E-state index is 0.0479. The van der Waals surface area contributed by atoms with E-state index in [1.54, 1.807) is 20.8 Å². The van der Waals surface area contributed by atoms with Crippen molar-refractivity contribution in [3.05, 3.63) is 35.9 Å². The van der Waals surface area contributed by atoms with Gasteiger partial charge in [-0.05, 0) is 26.3 Å². The molecule has 0 aliphatic carbocycles. The van der Waals surface area contributed by atoms with Crippen LogP contribution in [-0.2, 0) is 20.9 Å². The number of carboxylic acids is 1. The van der Waals surface area contributed by atoms with E-state index in [-0.39, 0.29) is 19.6 Å². The Morgan fingerprint density at radius 2 is 1.88 bits per heavy atom. The van der Waals surface area contributed by atoms with Crippen molar-refractivity contribution < 1.29 is 29.0 Å². The van der Waals surface area contributed by atoms with E-state index in [9.17, 15) is 19.5 Å². The van der Waals surface area contributed by atoms with Gasteiger partial charge in [0.15, 0.2) is 0 Å². The number of carboxylic acid groups (broad SMARTS) is 1. The molecule has 0 radical (unpaired) electrons. The minimum atomic E-state index is -1.14. The summed E-state index contributed by atoms with van der Waals surface area (Å²) < 4.78 is 10.4. The fraction of sp³-hybridized carbons (Fsp3) is 0.500. The number of alkyl carbamates (subject to hydrolysis) is 1. The summed E-state index contributed by atoms with van der Waals surface area (Å²) in [4.78, 5) is 36.7. The van der Waals surface area contributed by atoms with Gasteiger partial charge in [0.25, 0.3) is 0 Å². The van der Waals surface area contributed by atoms with Gasteiger partial charge in [-0.2, -0.15) is 0 Å². The molecule has 8 nitrogen and oxygen atoms in total. The summed E-state index contributed by atoms with van der Waals surface area (Å²) in [5.41, 5.74) is 0.105. The minimum Gasteiger partial charge on any atom is -0.480 e. The third-order valence-corrected chi connectivity index (χ3v) is 3.75. The number of nitrogens with one attached hydrogen (secondary N) is 1. The Balaban J connectivity index is 1.91. The van der Waals surface area contributed by atoms with Crippen LogP contribution in [0.15, 0.2) is 30.3 Å². The van der Waals surface area contributed by atoms with E-state index in [1.165, 1.54) is 0 Å². The summed E-state index contributed by atoms with van der Waals surface area (Å²) in [7, 11) is 0. The second kappa shape index (κ2) is 8.07. The van der Waals surface area contributed by atoms with Gasteiger partial charge in [0.1, 0.15) is 18.2 Å². The lowest BCUT2D eigenvalue weighted by Gasteiger charge is -2.26. The van der Waals surface area contributed by atoms with Gasteiger partial charge in [-0.15, -0.1) is 0 Å². The Hall–Kier alpha value is -2.77. The zero-order chi connectivity index (χ0) is 19.3. The summed E-state index contributed by atoms with van der Waals surface area (Å²) in [5.74, 6) is -1.14. The number of carbonyl (C=O) groups is 3. The first-order chi connectivity index (χ1) is 12.2. The molecule has 0 spiro atoms. The Bertz CT molecular complexity index is 655. The van der Waals surface area contributed by atoms with E-state index >= 15 is 0 Å². The Kier molecular flexibility index (Phi) is 6.07. The van der Waals surface area contributed by atoms with Crippen molar-refractivity contribution in [3.63, 3.8) is 0 Å². The molecule has 0 aromatic heterocycles. The summed E-state index contributed by atoms with van der Waals surface area (Å²) in [6.07, 6.45) is -1.28. The average Bonchev–Trinajstić information content (AvgIpc) is 2.96. The molecule has 2 amide bonds. The number of amides is 2. The monoisotopic (exact) mass is 364 g/mol. The molecule has 2 atom stereocenters. The smallest absolute Gasteiger partial charge is 0.411 e. The third-order valence-electron chi connectivity index (χ3n) is 3.75. The van der Waals surface area contributed by atoms with E-state index < -0.39 is 35.8 Å². The molecule has 142 valence electrons. The second-order valence-electron chi connectivity index (χ2n) is 7.13. The topological polar surface area (TPSA) is 105 Å². The summed E-state index contributed by atoms with van der Waals surface area (Å²) in [6, 6.07) is 7.62. The highest BCUT2D eigenvalue weighted by atomic mass is 16.6. The highest BCUT2D eigenvalue weighted by Gasteiger charge is 2.42. The van der Waals surface area contributed by atoms with E-state index in [4.69, 9.17) is 9.47 Å². The standard InChI is InChI=1S/C18H24N2O6/c1-18(2,3)26-17(24)20-10-13(9-14(20)15(21)22)19-16(23)25-11-12-7-5-4-6-8-12/h4-8,13-14H,9-11H2,1-3H3,(H,19,23)(H,21,22)/t13?,14-/m0/s1. The Morgan fingerprint density at radius 3 is 2.46 bits per heavy atom. The predicted molar refractivity (Wildman–Crippen MR) is 92.5 cm³/mol. The maximum Gasteiger partial charge on any atom is 0.411 e. The van der Waals surface area contributed by atoms with Crippen molar-refractivity contribution in [2.24, 2.45) is 0 Å². The largest absolute Gasteiger partial charge is 0.480 e. The molecule has 1 aromatic carbocycles. The molecule has 0 saturated carbocycles. The SMILES string of the molecule is CC(C)(C)OC(=O)N1CC(NC(=O)OCc2ccccc2)C[C@H]1C(=O)O. The molecule has 2 rings (SSSR count). The van der Waals surface area contributed by atoms with Crippen LogP contribution in [0.3, 0.4) is 0 Å². The van der Waals surface area contributed by atoms with Gasteiger partial charge in [-0.1, -0.05) is 30.3 Å². The van der Waals surface area contributed by atoms with Crippen LogP contribution in [0.5, 0.6) is 0 Å². The fourth-order valence-corrected chi connectivity index (χ4v) is 2.63. The molecule has 2 N–H and O–H groups in total. The van der Waals surface area contributed by atoms with Crippen LogP contribution in [0.4, 0.5) is 9.59 Å². The Morgan fingerprint density at radius 1 is 1.23 bits per heavy atom. The molecular formula is C18H24N2O6. The number of ether oxygens (including phenoxy) is 2. The number of rotatable bonds is 4. The Labute approximate surface area is 152 Å². The first-order valence-corrected chi connectivity index (χ1v) is 8.35. The highest BCUT2D eigenvalue weighted by molar-refractivity contribution is 5.81. The lowest BCUT2D eigenvalue weighted by atomic mass is 10.2. The molecule has 1 saturated heterocycles. The third kappa shape index (κ3) is 5.65. The lowest BCUT2D eigenvalue weighted by molar-refractivity contribution is -0.142. The maximum absolute atomic E-state index is 12.2. The number of carbonyl (C=O) groups excluding carboxylic acids is 2. The second-order valence-corrected chi connectivity index (χ2v) is 7.13. The lowest BCUT2D eigenvalue weighted by Crippen LogP contribution is -2.44. The van der Waals surface area contributed by atoms with Gasteiger partial charge in [-0.3, -0.25) is 4.90 Å². The molecule has 1 aliphatic heterocycles. The number of nitrogens with zero attached hydrogens (tertiary/aromatic N) is 1. The van der Waals surface area contributed by atoms with Gasteiger partial charge >= 0.3 is 18.2 Å². The predicted octanol–water partition coefficient (Wildman–Crippen LogP) is 2.38. The zero-order valence-corrected chi connectivity index (χ0v) is 15.1. The first-order valence-electron chi connectivity index (χ1n) is 8.35. The van der Waals surface area contributed by atoms with E-state index in [0.29, 0.717) is 0 Å². The normalized spacial score (nSPS) is 19.7. The van der Waals surface area contributed by atoms with E-state index in [0.717, 1.165) is 10.5 Å². The number of hydrogen-bond acceptors (Lipinski definition) is 5. The van der Waals surface area contributed by atoms with Crippen LogP contribution >= 0.6 is 0 Å². The van der Waals surface area contributed by atoms with Crippen molar-refractivity contribution >= 4 is 18.2 Å². The van der Waals surface area contributed by atoms with Crippen LogP contribution in [-0.4, -0.2) is 52.4 Å². The summed E-state index contributed by atoms with van der Waals surface area (Å²) in [6.45, 7) is 5.26. The van der Waals surface area contributed by atoms with Gasteiger partial charge < -0.3 is 19.9 Å². The quantitative estimate of drug-likeness (QED) is 0.850. The maximum atomic E-state index is 12.2.